The highest BCUT2D eigenvalue weighted by molar-refractivity contribution is 5.90. The number of methoxy groups -OCH3 is 1. The fraction of sp³-hybridized carbons (Fsp3) is 0.675. The number of phenolic OH excluding ortho intramolecular Hbond substituents is 1. The van der Waals surface area contributed by atoms with Gasteiger partial charge in [-0.3, -0.25) is 9.59 Å². The highest BCUT2D eigenvalue weighted by Crippen LogP contribution is 2.88. The molecule has 0 radical (unpaired) electrons. The number of benzene rings is 1. The van der Waals surface area contributed by atoms with Crippen LogP contribution in [0.2, 0.25) is 0 Å². The largest absolute Gasteiger partial charge is 0.504 e. The molecule has 0 amide bonds. The summed E-state index contributed by atoms with van der Waals surface area (Å²) in [5, 5.41) is 9.89. The number of aromatic hydroxyl groups is 1. The maximum atomic E-state index is 13.2. The van der Waals surface area contributed by atoms with E-state index < -0.39 is 5.97 Å². The maximum absolute atomic E-state index is 13.2. The lowest BCUT2D eigenvalue weighted by atomic mass is 9.42. The average Bonchev–Trinajstić information content (AvgIpc) is 3.58. The van der Waals surface area contributed by atoms with Gasteiger partial charge in [-0.1, -0.05) is 39.3 Å². The summed E-state index contributed by atoms with van der Waals surface area (Å²) in [6.45, 7) is 13.6. The number of esters is 1. The molecule has 5 fully saturated rings. The zero-order chi connectivity index (χ0) is 33.3. The van der Waals surface area contributed by atoms with Crippen LogP contribution >= 0.6 is 0 Å². The van der Waals surface area contributed by atoms with Gasteiger partial charge < -0.3 is 14.6 Å². The predicted octanol–water partition coefficient (Wildman–Crippen LogP) is 8.51. The molecular formula is C40H54O6. The van der Waals surface area contributed by atoms with E-state index in [-0.39, 0.29) is 40.3 Å². The monoisotopic (exact) mass is 630 g/mol. The van der Waals surface area contributed by atoms with Crippen LogP contribution in [0.4, 0.5) is 0 Å². The second-order valence-electron chi connectivity index (χ2n) is 16.8. The number of hydrogen-bond donors (Lipinski definition) is 1. The number of allylic oxidation sites excluding steroid dienone is 2. The summed E-state index contributed by atoms with van der Waals surface area (Å²) in [6.07, 6.45) is 15.2. The number of carbonyl (C=O) groups is 3. The summed E-state index contributed by atoms with van der Waals surface area (Å²) in [5.41, 5.74) is 2.40. The van der Waals surface area contributed by atoms with Crippen molar-refractivity contribution < 1.29 is 29.0 Å². The molecule has 1 aromatic carbocycles. The Morgan fingerprint density at radius 1 is 0.978 bits per heavy atom. The van der Waals surface area contributed by atoms with Crippen LogP contribution in [0.3, 0.4) is 0 Å². The summed E-state index contributed by atoms with van der Waals surface area (Å²) in [7, 11) is 1.49. The number of fused-ring (bicyclic) bond motifs is 2. The summed E-state index contributed by atoms with van der Waals surface area (Å²) < 4.78 is 11.1. The summed E-state index contributed by atoms with van der Waals surface area (Å²) >= 11 is 0. The topological polar surface area (TPSA) is 89.9 Å². The van der Waals surface area contributed by atoms with Crippen LogP contribution in [0.1, 0.15) is 111 Å². The SMILES string of the molecule is COc1cc(/C=C/C(=O)OC[C@H](CC(=O)C=C(C)C)[C@H]2CC[C@@]3(C)[C@@H]4CC[C@H]5C(C)(C)C(=O)CC[C@@]56C[C@@]46CC[C@]23C)ccc1O. The van der Waals surface area contributed by atoms with Gasteiger partial charge in [0, 0.05) is 30.3 Å². The first-order valence-electron chi connectivity index (χ1n) is 17.6. The molecule has 46 heavy (non-hydrogen) atoms. The van der Waals surface area contributed by atoms with Gasteiger partial charge in [0.1, 0.15) is 5.78 Å². The Morgan fingerprint density at radius 3 is 2.41 bits per heavy atom. The normalized spacial score (nSPS) is 37.7. The van der Waals surface area contributed by atoms with Crippen LogP contribution < -0.4 is 4.74 Å². The Morgan fingerprint density at radius 2 is 1.70 bits per heavy atom. The van der Waals surface area contributed by atoms with Gasteiger partial charge in [0.2, 0.25) is 0 Å². The standard InChI is InChI=1S/C40H54O6/c1-25(2)20-28(41)22-27(23-46-35(44)13-9-26-8-10-30(42)31(21-26)45-7)29-14-16-38(6)33-12-11-32-36(3,4)34(43)15-17-39(32)24-40(33,39)19-18-37(29,38)5/h8-10,13,20-21,27,29,32-33,42H,11-12,14-19,22-24H2,1-7H3/b13-9+/t27-,29+,32-,33-,37+,38-,39+,40-/m0/s1. The van der Waals surface area contributed by atoms with Crippen LogP contribution in [0, 0.1) is 50.7 Å². The minimum atomic E-state index is -0.437. The van der Waals surface area contributed by atoms with Gasteiger partial charge in [-0.2, -0.15) is 0 Å². The molecule has 6 nitrogen and oxygen atoms in total. The smallest absolute Gasteiger partial charge is 0.330 e. The van der Waals surface area contributed by atoms with Crippen molar-refractivity contribution in [2.24, 2.45) is 50.7 Å². The highest BCUT2D eigenvalue weighted by atomic mass is 16.5. The number of ether oxygens (including phenoxy) is 2. The maximum Gasteiger partial charge on any atom is 0.330 e. The highest BCUT2D eigenvalue weighted by Gasteiger charge is 2.82. The van der Waals surface area contributed by atoms with E-state index in [4.69, 9.17) is 9.47 Å². The van der Waals surface area contributed by atoms with Crippen molar-refractivity contribution >= 4 is 23.6 Å². The van der Waals surface area contributed by atoms with E-state index in [1.54, 1.807) is 24.3 Å². The van der Waals surface area contributed by atoms with Gasteiger partial charge in [-0.25, -0.2) is 4.79 Å². The van der Waals surface area contributed by atoms with Crippen molar-refractivity contribution in [3.63, 3.8) is 0 Å². The van der Waals surface area contributed by atoms with Gasteiger partial charge in [0.15, 0.2) is 17.3 Å². The quantitative estimate of drug-likeness (QED) is 0.217. The number of ketones is 2. The molecule has 5 saturated carbocycles. The molecule has 2 spiro atoms. The minimum Gasteiger partial charge on any atom is -0.504 e. The third kappa shape index (κ3) is 4.91. The summed E-state index contributed by atoms with van der Waals surface area (Å²) in [6, 6.07) is 4.91. The average molecular weight is 631 g/mol. The number of carbonyl (C=O) groups excluding carboxylic acids is 3. The van der Waals surface area contributed by atoms with Crippen LogP contribution in [0.15, 0.2) is 35.9 Å². The van der Waals surface area contributed by atoms with Gasteiger partial charge in [0.05, 0.1) is 13.7 Å². The predicted molar refractivity (Wildman–Crippen MR) is 179 cm³/mol. The third-order valence-electron chi connectivity index (χ3n) is 14.5. The molecule has 250 valence electrons. The van der Waals surface area contributed by atoms with Crippen LogP contribution in [-0.4, -0.2) is 36.4 Å². The lowest BCUT2D eigenvalue weighted by Gasteiger charge is -2.62. The minimum absolute atomic E-state index is 0.0411. The van der Waals surface area contributed by atoms with Gasteiger partial charge in [0.25, 0.3) is 0 Å². The molecule has 0 saturated heterocycles. The molecule has 5 aliphatic rings. The van der Waals surface area contributed by atoms with Crippen molar-refractivity contribution in [2.75, 3.05) is 13.7 Å². The second-order valence-corrected chi connectivity index (χ2v) is 16.8. The zero-order valence-corrected chi connectivity index (χ0v) is 29.0. The lowest BCUT2D eigenvalue weighted by molar-refractivity contribution is -0.159. The van der Waals surface area contributed by atoms with Crippen LogP contribution in [0.25, 0.3) is 6.08 Å². The molecule has 1 aromatic rings. The fourth-order valence-electron chi connectivity index (χ4n) is 12.1. The molecule has 0 aromatic heterocycles. The number of Topliss-reactive ketones (excluding diaryl/α,β-unsaturated/α-hetero) is 1. The van der Waals surface area contributed by atoms with E-state index in [1.807, 2.05) is 13.8 Å². The number of rotatable bonds is 9. The van der Waals surface area contributed by atoms with Gasteiger partial charge in [-0.15, -0.1) is 0 Å². The molecule has 0 heterocycles. The Balaban J connectivity index is 1.22. The van der Waals surface area contributed by atoms with Crippen molar-refractivity contribution in [2.45, 2.75) is 106 Å². The molecule has 6 heteroatoms. The van der Waals surface area contributed by atoms with E-state index in [2.05, 4.69) is 27.7 Å². The number of phenols is 1. The number of hydrogen-bond acceptors (Lipinski definition) is 6. The zero-order valence-electron chi connectivity index (χ0n) is 29.0. The summed E-state index contributed by atoms with van der Waals surface area (Å²) in [4.78, 5) is 39.3. The Labute approximate surface area is 275 Å². The van der Waals surface area contributed by atoms with Crippen LogP contribution in [0.5, 0.6) is 11.5 Å². The fourth-order valence-corrected chi connectivity index (χ4v) is 12.1. The molecular weight excluding hydrogens is 576 g/mol. The van der Waals surface area contributed by atoms with E-state index in [1.165, 1.54) is 38.5 Å². The van der Waals surface area contributed by atoms with E-state index in [0.29, 0.717) is 46.5 Å². The molecule has 8 atom stereocenters. The lowest BCUT2D eigenvalue weighted by Crippen LogP contribution is -2.57. The Bertz CT molecular complexity index is 1480. The first-order valence-corrected chi connectivity index (χ1v) is 17.6. The molecule has 6 rings (SSSR count). The van der Waals surface area contributed by atoms with Crippen LogP contribution in [-0.2, 0) is 19.1 Å². The molecule has 1 N–H and O–H groups in total. The summed E-state index contributed by atoms with van der Waals surface area (Å²) in [5.74, 6) is 1.91. The Kier molecular flexibility index (Phi) is 8.16. The Hall–Kier alpha value is -2.89. The third-order valence-corrected chi connectivity index (χ3v) is 14.5. The molecule has 0 bridgehead atoms. The van der Waals surface area contributed by atoms with Crippen molar-refractivity contribution in [3.05, 3.63) is 41.5 Å². The first-order chi connectivity index (χ1) is 21.6. The second kappa shape index (κ2) is 11.4. The van der Waals surface area contributed by atoms with Crippen molar-refractivity contribution in [3.8, 4) is 11.5 Å². The first kappa shape index (κ1) is 33.0. The van der Waals surface area contributed by atoms with E-state index >= 15 is 0 Å². The van der Waals surface area contributed by atoms with Gasteiger partial charge >= 0.3 is 5.97 Å². The van der Waals surface area contributed by atoms with Crippen molar-refractivity contribution in [1.82, 2.24) is 0 Å². The molecule has 0 unspecified atom stereocenters. The molecule has 0 aliphatic heterocycles. The molecule has 5 aliphatic carbocycles. The van der Waals surface area contributed by atoms with Crippen molar-refractivity contribution in [1.29, 1.82) is 0 Å². The van der Waals surface area contributed by atoms with E-state index in [9.17, 15) is 19.5 Å². The van der Waals surface area contributed by atoms with Gasteiger partial charge in [-0.05, 0) is 134 Å². The van der Waals surface area contributed by atoms with E-state index in [0.717, 1.165) is 49.7 Å².